The Morgan fingerprint density at radius 3 is 1.23 bits per heavy atom. The molecule has 0 fully saturated rings. The van der Waals surface area contributed by atoms with E-state index >= 15 is 0 Å². The molecule has 2 atom stereocenters. The van der Waals surface area contributed by atoms with E-state index in [-0.39, 0.29) is 21.4 Å². The molecule has 12 nitrogen and oxygen atoms in total. The molecule has 0 saturated carbocycles. The molecule has 0 saturated heterocycles. The van der Waals surface area contributed by atoms with Crippen molar-refractivity contribution < 1.29 is 28.7 Å². The number of halogens is 2. The molecule has 0 radical (unpaired) electrons. The lowest BCUT2D eigenvalue weighted by Gasteiger charge is -2.11. The first-order valence-corrected chi connectivity index (χ1v) is 15.1. The number of hydrogen-bond donors (Lipinski definition) is 2. The quantitative estimate of drug-likeness (QED) is 0.107. The summed E-state index contributed by atoms with van der Waals surface area (Å²) >= 11 is 12.9. The van der Waals surface area contributed by atoms with Gasteiger partial charge in [-0.15, -0.1) is 0 Å². The Labute approximate surface area is 286 Å². The second kappa shape index (κ2) is 16.4. The Balaban J connectivity index is 1.45. The number of benzene rings is 4. The second-order valence-corrected chi connectivity index (χ2v) is 11.0. The normalized spacial score (nSPS) is 12.4. The number of nitrogens with one attached hydrogen (secondary N) is 2. The lowest BCUT2D eigenvalue weighted by molar-refractivity contribution is -0.127. The Morgan fingerprint density at radius 2 is 0.938 bits per heavy atom. The maximum absolute atomic E-state index is 12.7. The number of hydrogen-bond acceptors (Lipinski definition) is 10. The number of anilines is 2. The van der Waals surface area contributed by atoms with E-state index in [0.29, 0.717) is 34.0 Å². The van der Waals surface area contributed by atoms with Gasteiger partial charge in [0.2, 0.25) is 12.1 Å². The number of Topliss-reactive ketones (excluding diaryl/α,β-unsaturated/α-hetero) is 2. The summed E-state index contributed by atoms with van der Waals surface area (Å²) in [5.41, 5.74) is 2.75. The van der Waals surface area contributed by atoms with Gasteiger partial charge in [0.25, 0.3) is 11.8 Å². The summed E-state index contributed by atoms with van der Waals surface area (Å²) in [6.07, 6.45) is 0. The van der Waals surface area contributed by atoms with Crippen molar-refractivity contribution in [2.75, 3.05) is 24.9 Å². The third-order valence-electron chi connectivity index (χ3n) is 6.77. The fourth-order valence-electron chi connectivity index (χ4n) is 4.18. The van der Waals surface area contributed by atoms with Crippen LogP contribution in [0.5, 0.6) is 11.5 Å². The van der Waals surface area contributed by atoms with Crippen LogP contribution in [0.2, 0.25) is 10.0 Å². The van der Waals surface area contributed by atoms with Crippen LogP contribution >= 0.6 is 23.2 Å². The van der Waals surface area contributed by atoms with E-state index in [1.807, 2.05) is 0 Å². The van der Waals surface area contributed by atoms with Crippen LogP contribution in [0.15, 0.2) is 105 Å². The van der Waals surface area contributed by atoms with Gasteiger partial charge in [-0.25, -0.2) is 0 Å². The number of nitrogens with zero attached hydrogens (tertiary/aromatic N) is 4. The summed E-state index contributed by atoms with van der Waals surface area (Å²) in [4.78, 5) is 49.9. The van der Waals surface area contributed by atoms with Crippen molar-refractivity contribution in [2.45, 2.75) is 25.9 Å². The van der Waals surface area contributed by atoms with Gasteiger partial charge in [-0.2, -0.15) is 20.5 Å². The molecule has 4 aromatic rings. The maximum atomic E-state index is 12.7. The molecule has 2 N–H and O–H groups in total. The van der Waals surface area contributed by atoms with Gasteiger partial charge in [0, 0.05) is 11.4 Å². The first-order valence-electron chi connectivity index (χ1n) is 14.3. The van der Waals surface area contributed by atoms with Crippen molar-refractivity contribution in [1.82, 2.24) is 0 Å². The van der Waals surface area contributed by atoms with Gasteiger partial charge in [0.1, 0.15) is 22.9 Å². The molecular weight excluding hydrogens is 659 g/mol. The van der Waals surface area contributed by atoms with Crippen molar-refractivity contribution >= 4 is 69.3 Å². The fraction of sp³-hybridized carbons (Fsp3) is 0.176. The molecule has 0 unspecified atom stereocenters. The highest BCUT2D eigenvalue weighted by Crippen LogP contribution is 2.35. The highest BCUT2D eigenvalue weighted by atomic mass is 35.5. The van der Waals surface area contributed by atoms with E-state index in [1.54, 1.807) is 84.9 Å². The predicted octanol–water partition coefficient (Wildman–Crippen LogP) is 8.04. The summed E-state index contributed by atoms with van der Waals surface area (Å²) in [5, 5.41) is 21.7. The number of ketones is 2. The lowest BCUT2D eigenvalue weighted by Crippen LogP contribution is -2.31. The molecule has 0 aliphatic heterocycles. The molecule has 0 aliphatic carbocycles. The van der Waals surface area contributed by atoms with Crippen molar-refractivity contribution in [3.05, 3.63) is 95.0 Å². The molecule has 0 spiro atoms. The number of rotatable bonds is 13. The smallest absolute Gasteiger partial charge is 0.258 e. The Hall–Kier alpha value is -5.46. The van der Waals surface area contributed by atoms with Gasteiger partial charge in [-0.05, 0) is 97.8 Å². The molecule has 0 heterocycles. The predicted molar refractivity (Wildman–Crippen MR) is 183 cm³/mol. The zero-order valence-electron chi connectivity index (χ0n) is 26.2. The Morgan fingerprint density at radius 1 is 0.583 bits per heavy atom. The van der Waals surface area contributed by atoms with Gasteiger partial charge in [0.05, 0.1) is 24.3 Å². The first-order chi connectivity index (χ1) is 23.0. The average Bonchev–Trinajstić information content (AvgIpc) is 3.06. The zero-order chi connectivity index (χ0) is 34.8. The summed E-state index contributed by atoms with van der Waals surface area (Å²) in [6, 6.07) is 20.3. The highest BCUT2D eigenvalue weighted by Gasteiger charge is 2.24. The molecule has 246 valence electrons. The highest BCUT2D eigenvalue weighted by molar-refractivity contribution is 6.34. The number of carbonyl (C=O) groups excluding carboxylic acids is 4. The molecule has 0 bridgehead atoms. The van der Waals surface area contributed by atoms with Crippen LogP contribution in [-0.4, -0.2) is 49.7 Å². The van der Waals surface area contributed by atoms with Crippen LogP contribution in [-0.2, 0) is 19.2 Å². The molecule has 48 heavy (non-hydrogen) atoms. The van der Waals surface area contributed by atoms with E-state index in [2.05, 4.69) is 31.1 Å². The monoisotopic (exact) mass is 688 g/mol. The lowest BCUT2D eigenvalue weighted by atomic mass is 10.0. The number of ether oxygens (including phenoxy) is 2. The van der Waals surface area contributed by atoms with Crippen molar-refractivity contribution in [3.63, 3.8) is 0 Å². The van der Waals surface area contributed by atoms with Gasteiger partial charge in [-0.1, -0.05) is 35.3 Å². The minimum absolute atomic E-state index is 0.209. The number of amides is 2. The molecule has 4 aromatic carbocycles. The van der Waals surface area contributed by atoms with Gasteiger partial charge in [0.15, 0.2) is 11.6 Å². The van der Waals surface area contributed by atoms with Gasteiger partial charge < -0.3 is 20.1 Å². The Kier molecular flexibility index (Phi) is 12.1. The first kappa shape index (κ1) is 35.4. The standard InChI is InChI=1S/C34H30Cl2N6O6/c1-19(43)31(33(45)37-23-7-11-25(47-3)12-8-23)41-39-29-15-5-21(17-27(29)35)22-6-16-30(28(36)18-22)40-42-32(20(2)44)34(46)38-24-9-13-26(48-4)14-10-24/h5-18,31-32H,1-4H3,(H,37,45)(H,38,46)/t31-,32-/m0/s1. The van der Waals surface area contributed by atoms with Crippen LogP contribution in [0, 0.1) is 0 Å². The molecule has 0 aliphatic rings. The number of methoxy groups -OCH3 is 2. The SMILES string of the molecule is COc1ccc(NC(=O)[C@@H](N=Nc2ccc(-c3ccc(N=N[C@@H](C(C)=O)C(=O)Nc4ccc(OC)cc4)c(Cl)c3)cc2Cl)C(C)=O)cc1. The van der Waals surface area contributed by atoms with Crippen LogP contribution in [0.4, 0.5) is 22.7 Å². The van der Waals surface area contributed by atoms with E-state index < -0.39 is 35.5 Å². The molecule has 2 amide bonds. The van der Waals surface area contributed by atoms with Crippen molar-refractivity contribution in [2.24, 2.45) is 20.5 Å². The van der Waals surface area contributed by atoms with E-state index in [0.717, 1.165) is 0 Å². The van der Waals surface area contributed by atoms with E-state index in [4.69, 9.17) is 32.7 Å². The van der Waals surface area contributed by atoms with Crippen LogP contribution in [0.1, 0.15) is 13.8 Å². The van der Waals surface area contributed by atoms with E-state index in [9.17, 15) is 19.2 Å². The average molecular weight is 690 g/mol. The zero-order valence-corrected chi connectivity index (χ0v) is 27.7. The third-order valence-corrected chi connectivity index (χ3v) is 7.38. The summed E-state index contributed by atoms with van der Waals surface area (Å²) in [6.45, 7) is 2.49. The summed E-state index contributed by atoms with van der Waals surface area (Å²) in [5.74, 6) is -1.08. The Bertz CT molecular complexity index is 1740. The molecule has 4 rings (SSSR count). The van der Waals surface area contributed by atoms with Crippen LogP contribution < -0.4 is 20.1 Å². The minimum atomic E-state index is -1.39. The number of azo groups is 2. The fourth-order valence-corrected chi connectivity index (χ4v) is 4.62. The van der Waals surface area contributed by atoms with E-state index in [1.165, 1.54) is 28.1 Å². The van der Waals surface area contributed by atoms with Crippen molar-refractivity contribution in [1.29, 1.82) is 0 Å². The molecular formula is C34H30Cl2N6O6. The largest absolute Gasteiger partial charge is 0.497 e. The maximum Gasteiger partial charge on any atom is 0.258 e. The van der Waals surface area contributed by atoms with Crippen LogP contribution in [0.3, 0.4) is 0 Å². The molecule has 0 aromatic heterocycles. The summed E-state index contributed by atoms with van der Waals surface area (Å²) in [7, 11) is 3.06. The van der Waals surface area contributed by atoms with Gasteiger partial charge in [-0.3, -0.25) is 19.2 Å². The van der Waals surface area contributed by atoms with Crippen LogP contribution in [0.25, 0.3) is 11.1 Å². The topological polar surface area (TPSA) is 160 Å². The second-order valence-electron chi connectivity index (χ2n) is 10.2. The summed E-state index contributed by atoms with van der Waals surface area (Å²) < 4.78 is 10.2. The minimum Gasteiger partial charge on any atom is -0.497 e. The third kappa shape index (κ3) is 9.30. The van der Waals surface area contributed by atoms with Crippen molar-refractivity contribution in [3.8, 4) is 22.6 Å². The van der Waals surface area contributed by atoms with Gasteiger partial charge >= 0.3 is 0 Å². The number of carbonyl (C=O) groups is 4. The molecule has 14 heteroatoms.